The number of piperidine rings is 1. The summed E-state index contributed by atoms with van der Waals surface area (Å²) >= 11 is 3.03. The first-order valence-corrected chi connectivity index (χ1v) is 13.6. The maximum Gasteiger partial charge on any atom is 0.303 e. The fraction of sp³-hybridized carbons (Fsp3) is 0.423. The van der Waals surface area contributed by atoms with Crippen molar-refractivity contribution in [3.05, 3.63) is 53.3 Å². The van der Waals surface area contributed by atoms with E-state index in [0.29, 0.717) is 30.7 Å². The van der Waals surface area contributed by atoms with Crippen LogP contribution >= 0.6 is 23.1 Å². The van der Waals surface area contributed by atoms with Crippen LogP contribution in [0.25, 0.3) is 10.9 Å². The number of thiophene rings is 1. The van der Waals surface area contributed by atoms with E-state index in [1.807, 2.05) is 18.2 Å². The Morgan fingerprint density at radius 3 is 2.89 bits per heavy atom. The number of carboxylic acids is 1. The number of hydrogen-bond acceptors (Lipinski definition) is 7. The third kappa shape index (κ3) is 6.80. The molecule has 0 aliphatic carbocycles. The van der Waals surface area contributed by atoms with Gasteiger partial charge >= 0.3 is 5.97 Å². The van der Waals surface area contributed by atoms with Gasteiger partial charge in [-0.25, -0.2) is 4.39 Å². The highest BCUT2D eigenvalue weighted by atomic mass is 32.2. The third-order valence-electron chi connectivity index (χ3n) is 6.60. The number of hydrogen-bond donors (Lipinski definition) is 1. The van der Waals surface area contributed by atoms with Gasteiger partial charge in [0.1, 0.15) is 11.6 Å². The molecule has 1 N–H and O–H groups in total. The number of fused-ring (bicyclic) bond motifs is 1. The van der Waals surface area contributed by atoms with Crippen molar-refractivity contribution >= 4 is 45.8 Å². The van der Waals surface area contributed by atoms with E-state index in [9.17, 15) is 19.1 Å². The van der Waals surface area contributed by atoms with Gasteiger partial charge in [-0.15, -0.1) is 23.1 Å². The van der Waals surface area contributed by atoms with E-state index in [1.165, 1.54) is 16.7 Å². The summed E-state index contributed by atoms with van der Waals surface area (Å²) in [5.74, 6) is 0.747. The largest absolute Gasteiger partial charge is 0.497 e. The number of halogens is 1. The minimum absolute atomic E-state index is 0.00695. The molecule has 1 aliphatic heterocycles. The van der Waals surface area contributed by atoms with Gasteiger partial charge in [0, 0.05) is 54.2 Å². The van der Waals surface area contributed by atoms with E-state index in [-0.39, 0.29) is 29.9 Å². The number of benzene rings is 1. The van der Waals surface area contributed by atoms with Gasteiger partial charge < -0.3 is 14.7 Å². The standard InChI is InChI=1S/C26H29FN2O4S2/c1-33-20-3-4-23-22(14-20)21(6-8-28-23)24(30)5-2-17-7-9-29(15-18(17)12-25(31)32)10-11-34-26-13-19(27)16-35-26/h3-4,6,8,13-14,16-18H,2,5,7,9-12,15H2,1H3,(H,31,32)/t17-,18-/m1/s1. The van der Waals surface area contributed by atoms with Crippen molar-refractivity contribution in [1.82, 2.24) is 9.88 Å². The molecule has 1 saturated heterocycles. The van der Waals surface area contributed by atoms with Crippen LogP contribution in [0, 0.1) is 17.7 Å². The van der Waals surface area contributed by atoms with E-state index >= 15 is 0 Å². The monoisotopic (exact) mass is 516 g/mol. The molecule has 4 rings (SSSR count). The maximum atomic E-state index is 13.2. The number of ketones is 1. The molecule has 1 aromatic carbocycles. The molecular weight excluding hydrogens is 487 g/mol. The number of nitrogens with zero attached hydrogens (tertiary/aromatic N) is 2. The summed E-state index contributed by atoms with van der Waals surface area (Å²) in [4.78, 5) is 31.3. The maximum absolute atomic E-state index is 13.2. The lowest BCUT2D eigenvalue weighted by Gasteiger charge is -2.38. The number of likely N-dealkylation sites (tertiary alicyclic amines) is 1. The molecule has 0 radical (unpaired) electrons. The van der Waals surface area contributed by atoms with E-state index in [0.717, 1.165) is 40.4 Å². The number of rotatable bonds is 11. The first kappa shape index (κ1) is 25.6. The first-order valence-electron chi connectivity index (χ1n) is 11.7. The van der Waals surface area contributed by atoms with Crippen LogP contribution in [0.15, 0.2) is 46.1 Å². The van der Waals surface area contributed by atoms with E-state index in [2.05, 4.69) is 9.88 Å². The van der Waals surface area contributed by atoms with Crippen LogP contribution in [0.4, 0.5) is 4.39 Å². The van der Waals surface area contributed by atoms with Gasteiger partial charge in [-0.1, -0.05) is 0 Å². The Bertz CT molecular complexity index is 1190. The van der Waals surface area contributed by atoms with Crippen molar-refractivity contribution in [2.45, 2.75) is 29.9 Å². The molecule has 6 nitrogen and oxygen atoms in total. The zero-order valence-electron chi connectivity index (χ0n) is 19.6. The lowest BCUT2D eigenvalue weighted by atomic mass is 9.79. The van der Waals surface area contributed by atoms with Crippen molar-refractivity contribution in [3.8, 4) is 5.75 Å². The fourth-order valence-corrected chi connectivity index (χ4v) is 6.68. The molecule has 2 atom stereocenters. The fourth-order valence-electron chi connectivity index (χ4n) is 4.79. The molecule has 3 heterocycles. The van der Waals surface area contributed by atoms with Crippen molar-refractivity contribution in [2.24, 2.45) is 11.8 Å². The summed E-state index contributed by atoms with van der Waals surface area (Å²) in [7, 11) is 1.59. The van der Waals surface area contributed by atoms with E-state index < -0.39 is 5.97 Å². The number of Topliss-reactive ketones (excluding diaryl/α,β-unsaturated/α-hetero) is 1. The molecule has 1 aliphatic rings. The summed E-state index contributed by atoms with van der Waals surface area (Å²) in [5.41, 5.74) is 1.38. The predicted molar refractivity (Wildman–Crippen MR) is 137 cm³/mol. The second kappa shape index (κ2) is 12.0. The van der Waals surface area contributed by atoms with Gasteiger partial charge in [0.2, 0.25) is 0 Å². The van der Waals surface area contributed by atoms with Crippen LogP contribution in [-0.2, 0) is 4.79 Å². The molecule has 0 spiro atoms. The molecule has 35 heavy (non-hydrogen) atoms. The van der Waals surface area contributed by atoms with Gasteiger partial charge in [-0.05, 0) is 61.6 Å². The summed E-state index contributed by atoms with van der Waals surface area (Å²) in [6, 6.07) is 8.80. The Morgan fingerprint density at radius 2 is 2.14 bits per heavy atom. The first-order chi connectivity index (χ1) is 16.9. The molecule has 186 valence electrons. The number of methoxy groups -OCH3 is 1. The van der Waals surface area contributed by atoms with Crippen LogP contribution in [0.2, 0.25) is 0 Å². The highest BCUT2D eigenvalue weighted by molar-refractivity contribution is 8.01. The van der Waals surface area contributed by atoms with Crippen LogP contribution in [0.3, 0.4) is 0 Å². The molecular formula is C26H29FN2O4S2. The molecule has 9 heteroatoms. The third-order valence-corrected chi connectivity index (χ3v) is 8.72. The van der Waals surface area contributed by atoms with Gasteiger partial charge in [0.05, 0.1) is 16.8 Å². The molecule has 0 bridgehead atoms. The highest BCUT2D eigenvalue weighted by Crippen LogP contribution is 2.32. The molecule has 2 aromatic heterocycles. The lowest BCUT2D eigenvalue weighted by molar-refractivity contribution is -0.139. The number of pyridine rings is 1. The van der Waals surface area contributed by atoms with Crippen LogP contribution in [0.5, 0.6) is 5.75 Å². The SMILES string of the molecule is COc1ccc2nccc(C(=O)CC[C@@H]3CCN(CCSc4cc(F)cs4)C[C@H]3CC(=O)O)c2c1. The quantitative estimate of drug-likeness (QED) is 0.262. The Hall–Kier alpha value is -2.49. The van der Waals surface area contributed by atoms with Gasteiger partial charge in [0.15, 0.2) is 5.78 Å². The minimum atomic E-state index is -0.802. The van der Waals surface area contributed by atoms with Crippen LogP contribution < -0.4 is 4.74 Å². The second-order valence-corrected chi connectivity index (χ2v) is 11.1. The van der Waals surface area contributed by atoms with E-state index in [4.69, 9.17) is 4.74 Å². The van der Waals surface area contributed by atoms with Crippen molar-refractivity contribution < 1.29 is 23.8 Å². The minimum Gasteiger partial charge on any atom is -0.497 e. The second-order valence-electron chi connectivity index (χ2n) is 8.84. The van der Waals surface area contributed by atoms with E-state index in [1.54, 1.807) is 37.2 Å². The highest BCUT2D eigenvalue weighted by Gasteiger charge is 2.31. The van der Waals surface area contributed by atoms with Gasteiger partial charge in [0.25, 0.3) is 0 Å². The van der Waals surface area contributed by atoms with Gasteiger partial charge in [-0.3, -0.25) is 14.6 Å². The number of aromatic nitrogens is 1. The van der Waals surface area contributed by atoms with Crippen LogP contribution in [-0.4, -0.2) is 59.2 Å². The van der Waals surface area contributed by atoms with Crippen molar-refractivity contribution in [3.63, 3.8) is 0 Å². The zero-order chi connectivity index (χ0) is 24.8. The summed E-state index contributed by atoms with van der Waals surface area (Å²) in [6.07, 6.45) is 3.66. The Morgan fingerprint density at radius 1 is 1.29 bits per heavy atom. The number of carbonyl (C=O) groups is 2. The number of aliphatic carboxylic acids is 1. The number of carbonyl (C=O) groups excluding carboxylic acids is 1. The predicted octanol–water partition coefficient (Wildman–Crippen LogP) is 5.61. The Kier molecular flexibility index (Phi) is 8.75. The average molecular weight is 517 g/mol. The van der Waals surface area contributed by atoms with Crippen molar-refractivity contribution in [2.75, 3.05) is 32.5 Å². The average Bonchev–Trinajstić information content (AvgIpc) is 3.27. The van der Waals surface area contributed by atoms with Gasteiger partial charge in [-0.2, -0.15) is 0 Å². The molecule has 0 amide bonds. The Balaban J connectivity index is 1.35. The lowest BCUT2D eigenvalue weighted by Crippen LogP contribution is -2.42. The normalized spacial score (nSPS) is 18.6. The smallest absolute Gasteiger partial charge is 0.303 e. The molecule has 0 unspecified atom stereocenters. The number of carboxylic acid groups (broad SMARTS) is 1. The summed E-state index contributed by atoms with van der Waals surface area (Å²) < 4.78 is 19.4. The zero-order valence-corrected chi connectivity index (χ0v) is 21.2. The molecule has 0 saturated carbocycles. The summed E-state index contributed by atoms with van der Waals surface area (Å²) in [6.45, 7) is 2.42. The van der Waals surface area contributed by atoms with Crippen molar-refractivity contribution in [1.29, 1.82) is 0 Å². The molecule has 1 fully saturated rings. The number of ether oxygens (including phenoxy) is 1. The summed E-state index contributed by atoms with van der Waals surface area (Å²) in [5, 5.41) is 11.8. The Labute approximate surface area is 212 Å². The molecule has 3 aromatic rings. The topological polar surface area (TPSA) is 79.7 Å². The van der Waals surface area contributed by atoms with Crippen LogP contribution in [0.1, 0.15) is 36.0 Å². The number of thioether (sulfide) groups is 1.